The maximum atomic E-state index is 12.6. The zero-order valence-corrected chi connectivity index (χ0v) is 15.0. The summed E-state index contributed by atoms with van der Waals surface area (Å²) in [7, 11) is 2.36. The highest BCUT2D eigenvalue weighted by Crippen LogP contribution is 2.30. The number of carbonyl (C=O) groups excluding carboxylic acids is 2. The van der Waals surface area contributed by atoms with E-state index >= 15 is 0 Å². The van der Waals surface area contributed by atoms with Crippen LogP contribution in [0.2, 0.25) is 0 Å². The number of fused-ring (bicyclic) bond motifs is 2. The van der Waals surface area contributed by atoms with Gasteiger partial charge >= 0.3 is 6.03 Å². The smallest absolute Gasteiger partial charge is 0.309 e. The molecule has 2 aliphatic rings. The summed E-state index contributed by atoms with van der Waals surface area (Å²) in [6.07, 6.45) is 1.32. The lowest BCUT2D eigenvalue weighted by Gasteiger charge is -2.28. The van der Waals surface area contributed by atoms with E-state index in [0.717, 1.165) is 12.0 Å². The first-order valence-corrected chi connectivity index (χ1v) is 8.90. The SMILES string of the molecule is O=C(NOCCNP)[C@@H]1CC[C@@H]2CN1C(=O)N2OCc1ccccc1. The van der Waals surface area contributed by atoms with Crippen LogP contribution in [0.4, 0.5) is 4.79 Å². The van der Waals surface area contributed by atoms with Gasteiger partial charge in [-0.15, -0.1) is 0 Å². The molecule has 0 aromatic heterocycles. The fourth-order valence-corrected chi connectivity index (χ4v) is 3.21. The lowest BCUT2D eigenvalue weighted by atomic mass is 10.0. The molecule has 2 N–H and O–H groups in total. The maximum Gasteiger partial charge on any atom is 0.345 e. The van der Waals surface area contributed by atoms with E-state index in [1.807, 2.05) is 30.3 Å². The third-order valence-corrected chi connectivity index (χ3v) is 4.65. The van der Waals surface area contributed by atoms with Crippen LogP contribution in [-0.4, -0.2) is 53.7 Å². The molecule has 0 spiro atoms. The Bertz CT molecular complexity index is 603. The molecule has 2 aliphatic heterocycles. The Balaban J connectivity index is 1.54. The van der Waals surface area contributed by atoms with E-state index in [1.54, 1.807) is 4.90 Å². The van der Waals surface area contributed by atoms with Gasteiger partial charge in [0.15, 0.2) is 0 Å². The van der Waals surface area contributed by atoms with E-state index in [4.69, 9.17) is 9.68 Å². The fourth-order valence-electron chi connectivity index (χ4n) is 3.09. The summed E-state index contributed by atoms with van der Waals surface area (Å²) in [6, 6.07) is 8.91. The molecule has 3 rings (SSSR count). The first-order valence-electron chi connectivity index (χ1n) is 8.32. The summed E-state index contributed by atoms with van der Waals surface area (Å²) in [6.45, 7) is 1.78. The Morgan fingerprint density at radius 2 is 2.08 bits per heavy atom. The monoisotopic (exact) mass is 366 g/mol. The van der Waals surface area contributed by atoms with Gasteiger partial charge in [-0.2, -0.15) is 5.06 Å². The minimum atomic E-state index is -0.516. The highest BCUT2D eigenvalue weighted by molar-refractivity contribution is 7.13. The highest BCUT2D eigenvalue weighted by atomic mass is 31.0. The number of urea groups is 1. The third kappa shape index (κ3) is 4.27. The molecule has 1 unspecified atom stereocenters. The summed E-state index contributed by atoms with van der Waals surface area (Å²) in [5.41, 5.74) is 3.42. The van der Waals surface area contributed by atoms with E-state index in [2.05, 4.69) is 20.0 Å². The van der Waals surface area contributed by atoms with Crippen molar-refractivity contribution in [3.8, 4) is 0 Å². The molecular weight excluding hydrogens is 343 g/mol. The molecule has 2 fully saturated rings. The third-order valence-electron chi connectivity index (χ3n) is 4.36. The number of nitrogens with zero attached hydrogens (tertiary/aromatic N) is 2. The average Bonchev–Trinajstić information content (AvgIpc) is 2.88. The van der Waals surface area contributed by atoms with Crippen molar-refractivity contribution < 1.29 is 19.3 Å². The number of piperidine rings is 1. The van der Waals surface area contributed by atoms with Crippen molar-refractivity contribution in [2.45, 2.75) is 31.5 Å². The van der Waals surface area contributed by atoms with E-state index in [-0.39, 0.29) is 18.0 Å². The molecule has 9 heteroatoms. The number of nitrogens with one attached hydrogen (secondary N) is 2. The number of hydrogen-bond acceptors (Lipinski definition) is 5. The molecule has 2 bridgehead atoms. The fraction of sp³-hybridized carbons (Fsp3) is 0.500. The Hall–Kier alpha value is -1.73. The largest absolute Gasteiger partial charge is 0.345 e. The van der Waals surface area contributed by atoms with Gasteiger partial charge in [-0.25, -0.2) is 10.3 Å². The van der Waals surface area contributed by atoms with Crippen molar-refractivity contribution in [1.82, 2.24) is 20.5 Å². The van der Waals surface area contributed by atoms with Gasteiger partial charge in [-0.05, 0) is 18.4 Å². The zero-order chi connectivity index (χ0) is 17.6. The van der Waals surface area contributed by atoms with Crippen LogP contribution in [0, 0.1) is 0 Å². The number of carbonyl (C=O) groups is 2. The first kappa shape index (κ1) is 18.1. The molecule has 25 heavy (non-hydrogen) atoms. The Morgan fingerprint density at radius 3 is 2.84 bits per heavy atom. The Kier molecular flexibility index (Phi) is 6.20. The summed E-state index contributed by atoms with van der Waals surface area (Å²) in [5.74, 6) is -0.291. The number of hydrogen-bond donors (Lipinski definition) is 2. The highest BCUT2D eigenvalue weighted by Gasteiger charge is 2.47. The average molecular weight is 366 g/mol. The van der Waals surface area contributed by atoms with Crippen LogP contribution in [0.1, 0.15) is 18.4 Å². The van der Waals surface area contributed by atoms with Gasteiger partial charge in [0.05, 0.1) is 12.6 Å². The molecule has 136 valence electrons. The van der Waals surface area contributed by atoms with Crippen LogP contribution in [-0.2, 0) is 21.1 Å². The molecule has 8 nitrogen and oxygen atoms in total. The lowest BCUT2D eigenvalue weighted by molar-refractivity contribution is -0.141. The number of rotatable bonds is 8. The normalized spacial score (nSPS) is 22.4. The summed E-state index contributed by atoms with van der Waals surface area (Å²) >= 11 is 0. The van der Waals surface area contributed by atoms with Gasteiger partial charge in [0, 0.05) is 13.1 Å². The first-order chi connectivity index (χ1) is 12.2. The second kappa shape index (κ2) is 8.58. The van der Waals surface area contributed by atoms with Gasteiger partial charge in [0.1, 0.15) is 12.6 Å². The molecular formula is C16H23N4O4P. The van der Waals surface area contributed by atoms with E-state index in [9.17, 15) is 9.59 Å². The quantitative estimate of drug-likeness (QED) is 0.404. The van der Waals surface area contributed by atoms with Crippen molar-refractivity contribution in [3.05, 3.63) is 35.9 Å². The molecule has 3 atom stereocenters. The standard InChI is InChI=1S/C16H23N4O4P/c21-15(18-23-9-8-17-25)14-7-6-13-10-19(14)16(22)20(13)24-11-12-4-2-1-3-5-12/h1-5,13-14,17H,6-11,25H2,(H,18,21)/t13-,14+/m1/s1. The van der Waals surface area contributed by atoms with Crippen molar-refractivity contribution in [3.63, 3.8) is 0 Å². The number of hydroxylamine groups is 3. The molecule has 1 aromatic rings. The number of amides is 3. The molecule has 0 saturated carbocycles. The second-order valence-corrected chi connectivity index (χ2v) is 6.44. The predicted molar refractivity (Wildman–Crippen MR) is 93.8 cm³/mol. The lowest BCUT2D eigenvalue weighted by Crippen LogP contribution is -2.49. The van der Waals surface area contributed by atoms with Crippen LogP contribution in [0.5, 0.6) is 0 Å². The molecule has 0 aliphatic carbocycles. The second-order valence-electron chi connectivity index (χ2n) is 6.04. The van der Waals surface area contributed by atoms with Crippen molar-refractivity contribution >= 4 is 21.3 Å². The van der Waals surface area contributed by atoms with E-state index < -0.39 is 6.04 Å². The van der Waals surface area contributed by atoms with Gasteiger partial charge in [-0.1, -0.05) is 39.7 Å². The minimum Gasteiger partial charge on any atom is -0.309 e. The van der Waals surface area contributed by atoms with Gasteiger partial charge in [0.2, 0.25) is 0 Å². The maximum absolute atomic E-state index is 12.6. The molecule has 2 saturated heterocycles. The zero-order valence-electron chi connectivity index (χ0n) is 13.9. The summed E-state index contributed by atoms with van der Waals surface area (Å²) in [4.78, 5) is 37.2. The van der Waals surface area contributed by atoms with Crippen LogP contribution < -0.4 is 10.6 Å². The van der Waals surface area contributed by atoms with E-state index in [1.165, 1.54) is 5.06 Å². The van der Waals surface area contributed by atoms with Crippen molar-refractivity contribution in [2.24, 2.45) is 0 Å². The predicted octanol–water partition coefficient (Wildman–Crippen LogP) is 0.814. The Labute approximate surface area is 149 Å². The summed E-state index contributed by atoms with van der Waals surface area (Å²) in [5, 5.41) is 4.26. The summed E-state index contributed by atoms with van der Waals surface area (Å²) < 4.78 is 0. The van der Waals surface area contributed by atoms with Gasteiger partial charge in [-0.3, -0.25) is 19.6 Å². The van der Waals surface area contributed by atoms with Crippen molar-refractivity contribution in [2.75, 3.05) is 19.7 Å². The molecule has 1 aromatic carbocycles. The van der Waals surface area contributed by atoms with Gasteiger partial charge in [0.25, 0.3) is 5.91 Å². The topological polar surface area (TPSA) is 83.1 Å². The van der Waals surface area contributed by atoms with Gasteiger partial charge < -0.3 is 4.90 Å². The molecule has 3 amide bonds. The van der Waals surface area contributed by atoms with Crippen LogP contribution >= 0.6 is 9.39 Å². The van der Waals surface area contributed by atoms with Crippen LogP contribution in [0.3, 0.4) is 0 Å². The van der Waals surface area contributed by atoms with Crippen LogP contribution in [0.15, 0.2) is 30.3 Å². The minimum absolute atomic E-state index is 0.0116. The van der Waals surface area contributed by atoms with E-state index in [0.29, 0.717) is 32.7 Å². The molecule has 2 heterocycles. The van der Waals surface area contributed by atoms with Crippen LogP contribution in [0.25, 0.3) is 0 Å². The Morgan fingerprint density at radius 1 is 1.28 bits per heavy atom. The number of benzene rings is 1. The van der Waals surface area contributed by atoms with Crippen molar-refractivity contribution in [1.29, 1.82) is 0 Å². The molecule has 0 radical (unpaired) electrons.